The number of aromatic nitrogens is 1. The van der Waals surface area contributed by atoms with E-state index in [0.29, 0.717) is 12.5 Å². The van der Waals surface area contributed by atoms with Crippen LogP contribution in [0.3, 0.4) is 0 Å². The van der Waals surface area contributed by atoms with E-state index < -0.39 is 0 Å². The van der Waals surface area contributed by atoms with Crippen molar-refractivity contribution in [3.8, 4) is 11.5 Å². The maximum atomic E-state index is 6.56. The number of nitrogens with zero attached hydrogens (tertiary/aromatic N) is 3. The highest BCUT2D eigenvalue weighted by atomic mass is 32.1. The number of thiazole rings is 1. The average molecular weight is 565 g/mol. The molecule has 0 saturated carbocycles. The van der Waals surface area contributed by atoms with E-state index in [0.717, 1.165) is 94.1 Å². The first kappa shape index (κ1) is 27.3. The normalized spacial score (nSPS) is 22.7. The molecule has 0 radical (unpaired) electrons. The predicted molar refractivity (Wildman–Crippen MR) is 159 cm³/mol. The Morgan fingerprint density at radius 3 is 2.90 bits per heavy atom. The third-order valence-corrected chi connectivity index (χ3v) is 8.93. The molecule has 40 heavy (non-hydrogen) atoms. The summed E-state index contributed by atoms with van der Waals surface area (Å²) in [7, 11) is 1.76. The molecule has 2 fully saturated rings. The molecule has 2 saturated heterocycles. The van der Waals surface area contributed by atoms with Crippen molar-refractivity contribution in [2.24, 2.45) is 0 Å². The maximum absolute atomic E-state index is 6.56. The Bertz CT molecular complexity index is 1210. The highest BCUT2D eigenvalue weighted by molar-refractivity contribution is 7.13. The van der Waals surface area contributed by atoms with Crippen molar-refractivity contribution in [3.05, 3.63) is 65.2 Å². The maximum Gasteiger partial charge on any atom is 0.185 e. The summed E-state index contributed by atoms with van der Waals surface area (Å²) in [6.07, 6.45) is 5.26. The molecule has 1 N–H and O–H groups in total. The standard InChI is InChI=1S/C31H40N4O4S/c1-36-16-2-13-34-15-17-37-29-8-3-23(19-28(29)34)22-38-30-20-32-11-9-27(30)24-4-6-25(7-5-24)39-26-10-14-35(21-26)31-33-12-18-40-31/h3-8,12,18-19,26-27,30,32H,2,9-11,13-17,20-22H2,1H3/t26-,27?,30?/m0/s1. The number of anilines is 2. The van der Waals surface area contributed by atoms with Crippen molar-refractivity contribution >= 4 is 22.2 Å². The number of hydrogen-bond donors (Lipinski definition) is 1. The van der Waals surface area contributed by atoms with Crippen LogP contribution < -0.4 is 24.6 Å². The summed E-state index contributed by atoms with van der Waals surface area (Å²) in [5, 5.41) is 6.65. The molecule has 0 spiro atoms. The number of fused-ring (bicyclic) bond motifs is 1. The lowest BCUT2D eigenvalue weighted by molar-refractivity contribution is 0.0106. The summed E-state index contributed by atoms with van der Waals surface area (Å²) in [4.78, 5) is 9.16. The van der Waals surface area contributed by atoms with Crippen LogP contribution in [-0.2, 0) is 16.1 Å². The zero-order valence-corrected chi connectivity index (χ0v) is 24.1. The van der Waals surface area contributed by atoms with E-state index in [1.807, 2.05) is 11.6 Å². The fraction of sp³-hybridized carbons (Fsp3) is 0.516. The number of methoxy groups -OCH3 is 1. The zero-order chi connectivity index (χ0) is 27.1. The molecule has 0 aliphatic carbocycles. The number of piperidine rings is 1. The molecule has 3 aliphatic heterocycles. The van der Waals surface area contributed by atoms with Gasteiger partial charge in [-0.2, -0.15) is 0 Å². The predicted octanol–water partition coefficient (Wildman–Crippen LogP) is 4.70. The van der Waals surface area contributed by atoms with Gasteiger partial charge in [-0.3, -0.25) is 0 Å². The molecule has 3 aliphatic rings. The number of nitrogens with one attached hydrogen (secondary N) is 1. The van der Waals surface area contributed by atoms with Crippen molar-refractivity contribution in [1.82, 2.24) is 10.3 Å². The van der Waals surface area contributed by atoms with Crippen LogP contribution in [0.25, 0.3) is 0 Å². The zero-order valence-electron chi connectivity index (χ0n) is 23.3. The smallest absolute Gasteiger partial charge is 0.185 e. The molecule has 6 rings (SSSR count). The van der Waals surface area contributed by atoms with Crippen LogP contribution in [0.4, 0.5) is 10.8 Å². The number of rotatable bonds is 11. The third kappa shape index (κ3) is 6.54. The van der Waals surface area contributed by atoms with Crippen LogP contribution in [0.15, 0.2) is 54.0 Å². The number of benzene rings is 2. The molecular weight excluding hydrogens is 524 g/mol. The third-order valence-electron chi connectivity index (χ3n) is 8.10. The molecule has 0 amide bonds. The second-order valence-electron chi connectivity index (χ2n) is 10.8. The topological polar surface area (TPSA) is 68.3 Å². The lowest BCUT2D eigenvalue weighted by Crippen LogP contribution is -2.41. The lowest BCUT2D eigenvalue weighted by Gasteiger charge is -2.33. The van der Waals surface area contributed by atoms with Crippen LogP contribution in [0.1, 0.15) is 36.3 Å². The minimum Gasteiger partial charge on any atom is -0.490 e. The van der Waals surface area contributed by atoms with Gasteiger partial charge in [-0.05, 0) is 54.8 Å². The van der Waals surface area contributed by atoms with Crippen LogP contribution >= 0.6 is 11.3 Å². The van der Waals surface area contributed by atoms with E-state index >= 15 is 0 Å². The molecular formula is C31H40N4O4S. The molecule has 3 aromatic rings. The van der Waals surface area contributed by atoms with Gasteiger partial charge < -0.3 is 34.1 Å². The molecule has 1 aromatic heterocycles. The second kappa shape index (κ2) is 13.2. The molecule has 8 nitrogen and oxygen atoms in total. The summed E-state index contributed by atoms with van der Waals surface area (Å²) in [6.45, 7) is 7.69. The van der Waals surface area contributed by atoms with Gasteiger partial charge >= 0.3 is 0 Å². The molecule has 9 heteroatoms. The van der Waals surface area contributed by atoms with E-state index in [2.05, 4.69) is 62.6 Å². The Kier molecular flexibility index (Phi) is 9.02. The molecule has 3 atom stereocenters. The van der Waals surface area contributed by atoms with Crippen molar-refractivity contribution in [3.63, 3.8) is 0 Å². The largest absolute Gasteiger partial charge is 0.490 e. The van der Waals surface area contributed by atoms with Crippen LogP contribution in [0.5, 0.6) is 11.5 Å². The van der Waals surface area contributed by atoms with Crippen molar-refractivity contribution in [1.29, 1.82) is 0 Å². The Morgan fingerprint density at radius 2 is 2.05 bits per heavy atom. The first-order valence-electron chi connectivity index (χ1n) is 14.5. The lowest BCUT2D eigenvalue weighted by atomic mass is 9.87. The van der Waals surface area contributed by atoms with Crippen LogP contribution in [0, 0.1) is 0 Å². The van der Waals surface area contributed by atoms with E-state index in [1.54, 1.807) is 18.4 Å². The van der Waals surface area contributed by atoms with Crippen LogP contribution in [-0.4, -0.2) is 76.8 Å². The highest BCUT2D eigenvalue weighted by Gasteiger charge is 2.29. The minimum atomic E-state index is 0.118. The van der Waals surface area contributed by atoms with Crippen molar-refractivity contribution in [2.75, 3.05) is 69.4 Å². The average Bonchev–Trinajstić information content (AvgIpc) is 3.70. The molecule has 2 unspecified atom stereocenters. The first-order valence-corrected chi connectivity index (χ1v) is 15.4. The summed E-state index contributed by atoms with van der Waals surface area (Å²) >= 11 is 1.69. The second-order valence-corrected chi connectivity index (χ2v) is 11.7. The fourth-order valence-corrected chi connectivity index (χ4v) is 6.67. The monoisotopic (exact) mass is 564 g/mol. The summed E-state index contributed by atoms with van der Waals surface area (Å²) in [5.74, 6) is 2.25. The molecule has 214 valence electrons. The Morgan fingerprint density at radius 1 is 1.12 bits per heavy atom. The van der Waals surface area contributed by atoms with Gasteiger partial charge in [0.1, 0.15) is 24.2 Å². The summed E-state index contributed by atoms with van der Waals surface area (Å²) in [5.41, 5.74) is 3.66. The quantitative estimate of drug-likeness (QED) is 0.336. The van der Waals surface area contributed by atoms with Gasteiger partial charge in [-0.25, -0.2) is 4.98 Å². The van der Waals surface area contributed by atoms with Crippen LogP contribution in [0.2, 0.25) is 0 Å². The first-order chi connectivity index (χ1) is 19.8. The molecule has 2 aromatic carbocycles. The number of hydrogen-bond acceptors (Lipinski definition) is 9. The van der Waals surface area contributed by atoms with E-state index in [9.17, 15) is 0 Å². The Hall–Kier alpha value is -2.85. The van der Waals surface area contributed by atoms with E-state index in [1.165, 1.54) is 11.1 Å². The fourth-order valence-electron chi connectivity index (χ4n) is 5.99. The Balaban J connectivity index is 1.05. The van der Waals surface area contributed by atoms with Gasteiger partial charge in [0.05, 0.1) is 31.5 Å². The van der Waals surface area contributed by atoms with Gasteiger partial charge in [-0.1, -0.05) is 18.2 Å². The summed E-state index contributed by atoms with van der Waals surface area (Å²) < 4.78 is 24.1. The molecule has 0 bridgehead atoms. The summed E-state index contributed by atoms with van der Waals surface area (Å²) in [6, 6.07) is 15.2. The SMILES string of the molecule is COCCCN1CCOc2ccc(COC3CNCCC3c3ccc(O[C@H]4CCN(c5nccs5)C4)cc3)cc21. The van der Waals surface area contributed by atoms with Gasteiger partial charge in [-0.15, -0.1) is 11.3 Å². The Labute approximate surface area is 241 Å². The van der Waals surface area contributed by atoms with E-state index in [4.69, 9.17) is 18.9 Å². The van der Waals surface area contributed by atoms with Gasteiger partial charge in [0, 0.05) is 57.3 Å². The van der Waals surface area contributed by atoms with Gasteiger partial charge in [0.25, 0.3) is 0 Å². The van der Waals surface area contributed by atoms with Crippen molar-refractivity contribution < 1.29 is 18.9 Å². The molecule has 4 heterocycles. The number of ether oxygens (including phenoxy) is 4. The highest BCUT2D eigenvalue weighted by Crippen LogP contribution is 2.34. The van der Waals surface area contributed by atoms with E-state index in [-0.39, 0.29) is 12.2 Å². The minimum absolute atomic E-state index is 0.118. The van der Waals surface area contributed by atoms with Crippen molar-refractivity contribution in [2.45, 2.75) is 44.0 Å². The van der Waals surface area contributed by atoms with Gasteiger partial charge in [0.2, 0.25) is 0 Å². The van der Waals surface area contributed by atoms with Gasteiger partial charge in [0.15, 0.2) is 5.13 Å².